The molecule has 0 bridgehead atoms. The third kappa shape index (κ3) is 1.63. The Hall–Kier alpha value is -1.73. The molecule has 0 amide bonds. The Morgan fingerprint density at radius 1 is 1.35 bits per heavy atom. The summed E-state index contributed by atoms with van der Waals surface area (Å²) in [5.41, 5.74) is 0.499. The first-order valence-corrected chi connectivity index (χ1v) is 6.51. The van der Waals surface area contributed by atoms with Crippen molar-refractivity contribution in [2.75, 3.05) is 0 Å². The normalized spacial score (nSPS) is 17.1. The smallest absolute Gasteiger partial charge is 0.149 e. The number of rotatable bonds is 2. The second-order valence-corrected chi connectivity index (χ2v) is 5.24. The van der Waals surface area contributed by atoms with Gasteiger partial charge in [0, 0.05) is 6.20 Å². The van der Waals surface area contributed by atoms with Gasteiger partial charge in [-0.2, -0.15) is 5.26 Å². The minimum absolute atomic E-state index is 0.423. The second kappa shape index (κ2) is 3.94. The molecule has 0 aliphatic heterocycles. The standard InChI is InChI=1S/C13H11N3S/c14-9-13(5-2-6-13)12-15-7-4-10(16-12)11-3-1-8-17-11/h1,3-4,7-8H,2,5-6H2. The van der Waals surface area contributed by atoms with Gasteiger partial charge in [0.15, 0.2) is 0 Å². The van der Waals surface area contributed by atoms with Crippen molar-refractivity contribution in [1.29, 1.82) is 5.26 Å². The molecule has 1 aliphatic rings. The molecule has 0 spiro atoms. The highest BCUT2D eigenvalue weighted by molar-refractivity contribution is 7.13. The van der Waals surface area contributed by atoms with E-state index < -0.39 is 5.41 Å². The van der Waals surface area contributed by atoms with Gasteiger partial charge < -0.3 is 0 Å². The van der Waals surface area contributed by atoms with Crippen LogP contribution in [0.1, 0.15) is 25.1 Å². The summed E-state index contributed by atoms with van der Waals surface area (Å²) in [5.74, 6) is 0.692. The summed E-state index contributed by atoms with van der Waals surface area (Å²) in [6.07, 6.45) is 4.63. The molecule has 2 aromatic heterocycles. The Morgan fingerprint density at radius 3 is 2.82 bits per heavy atom. The molecule has 0 radical (unpaired) electrons. The van der Waals surface area contributed by atoms with E-state index in [-0.39, 0.29) is 0 Å². The Morgan fingerprint density at radius 2 is 2.24 bits per heavy atom. The molecule has 1 saturated carbocycles. The molecule has 2 aromatic rings. The monoisotopic (exact) mass is 241 g/mol. The lowest BCUT2D eigenvalue weighted by Gasteiger charge is -2.33. The van der Waals surface area contributed by atoms with Crippen LogP contribution in [0.25, 0.3) is 10.6 Å². The molecule has 0 N–H and O–H groups in total. The fraction of sp³-hybridized carbons (Fsp3) is 0.308. The first-order chi connectivity index (χ1) is 8.34. The van der Waals surface area contributed by atoms with E-state index in [9.17, 15) is 5.26 Å². The van der Waals surface area contributed by atoms with Crippen LogP contribution >= 0.6 is 11.3 Å². The molecule has 0 aromatic carbocycles. The van der Waals surface area contributed by atoms with Crippen LogP contribution in [0.3, 0.4) is 0 Å². The minimum Gasteiger partial charge on any atom is -0.240 e. The summed E-state index contributed by atoms with van der Waals surface area (Å²) in [6.45, 7) is 0. The zero-order valence-electron chi connectivity index (χ0n) is 9.26. The highest BCUT2D eigenvalue weighted by Crippen LogP contribution is 2.41. The molecule has 4 heteroatoms. The Kier molecular flexibility index (Phi) is 2.41. The molecule has 0 atom stereocenters. The van der Waals surface area contributed by atoms with Crippen LogP contribution < -0.4 is 0 Å². The highest BCUT2D eigenvalue weighted by atomic mass is 32.1. The van der Waals surface area contributed by atoms with E-state index in [0.29, 0.717) is 5.82 Å². The predicted octanol–water partition coefficient (Wildman–Crippen LogP) is 3.15. The molecule has 17 heavy (non-hydrogen) atoms. The average molecular weight is 241 g/mol. The lowest BCUT2D eigenvalue weighted by atomic mass is 9.69. The van der Waals surface area contributed by atoms with Crippen molar-refractivity contribution >= 4 is 11.3 Å². The Balaban J connectivity index is 2.03. The van der Waals surface area contributed by atoms with Gasteiger partial charge in [0.2, 0.25) is 0 Å². The van der Waals surface area contributed by atoms with Crippen molar-refractivity contribution in [2.45, 2.75) is 24.7 Å². The molecular formula is C13H11N3S. The van der Waals surface area contributed by atoms with Crippen LogP contribution in [-0.4, -0.2) is 9.97 Å². The molecule has 3 nitrogen and oxygen atoms in total. The van der Waals surface area contributed by atoms with E-state index in [4.69, 9.17) is 0 Å². The number of aromatic nitrogens is 2. The molecule has 84 valence electrons. The van der Waals surface area contributed by atoms with Gasteiger partial charge in [0.1, 0.15) is 11.2 Å². The second-order valence-electron chi connectivity index (χ2n) is 4.29. The third-order valence-electron chi connectivity index (χ3n) is 3.28. The number of hydrogen-bond acceptors (Lipinski definition) is 4. The molecule has 1 aliphatic carbocycles. The van der Waals surface area contributed by atoms with Gasteiger partial charge >= 0.3 is 0 Å². The minimum atomic E-state index is -0.423. The number of nitrogens with zero attached hydrogens (tertiary/aromatic N) is 3. The fourth-order valence-corrected chi connectivity index (χ4v) is 2.76. The molecule has 3 rings (SSSR count). The van der Waals surface area contributed by atoms with Gasteiger partial charge in [0.25, 0.3) is 0 Å². The van der Waals surface area contributed by atoms with E-state index >= 15 is 0 Å². The van der Waals surface area contributed by atoms with Crippen molar-refractivity contribution in [1.82, 2.24) is 9.97 Å². The van der Waals surface area contributed by atoms with Crippen molar-refractivity contribution in [3.8, 4) is 16.6 Å². The number of hydrogen-bond donors (Lipinski definition) is 0. The first kappa shape index (κ1) is 10.4. The highest BCUT2D eigenvalue weighted by Gasteiger charge is 2.41. The zero-order valence-corrected chi connectivity index (χ0v) is 10.1. The zero-order chi connectivity index (χ0) is 11.7. The van der Waals surface area contributed by atoms with Crippen LogP contribution in [0.5, 0.6) is 0 Å². The predicted molar refractivity (Wildman–Crippen MR) is 66.5 cm³/mol. The maximum absolute atomic E-state index is 9.28. The van der Waals surface area contributed by atoms with E-state index in [1.165, 1.54) is 0 Å². The van der Waals surface area contributed by atoms with Gasteiger partial charge in [0.05, 0.1) is 16.6 Å². The van der Waals surface area contributed by atoms with Gasteiger partial charge in [-0.25, -0.2) is 9.97 Å². The van der Waals surface area contributed by atoms with Gasteiger partial charge in [-0.05, 0) is 36.8 Å². The summed E-state index contributed by atoms with van der Waals surface area (Å²) < 4.78 is 0. The van der Waals surface area contributed by atoms with E-state index in [0.717, 1.165) is 29.8 Å². The van der Waals surface area contributed by atoms with Crippen molar-refractivity contribution in [2.24, 2.45) is 0 Å². The van der Waals surface area contributed by atoms with E-state index in [1.54, 1.807) is 17.5 Å². The van der Waals surface area contributed by atoms with Crippen LogP contribution in [0.4, 0.5) is 0 Å². The SMILES string of the molecule is N#CC1(c2nccc(-c3cccs3)n2)CCC1. The molecule has 1 fully saturated rings. The van der Waals surface area contributed by atoms with Crippen molar-refractivity contribution in [3.63, 3.8) is 0 Å². The molecule has 2 heterocycles. The lowest BCUT2D eigenvalue weighted by Crippen LogP contribution is -2.34. The summed E-state index contributed by atoms with van der Waals surface area (Å²) in [5, 5.41) is 11.3. The summed E-state index contributed by atoms with van der Waals surface area (Å²) in [6, 6.07) is 8.33. The third-order valence-corrected chi connectivity index (χ3v) is 4.17. The Labute approximate surface area is 104 Å². The quantitative estimate of drug-likeness (QED) is 0.811. The maximum atomic E-state index is 9.28. The first-order valence-electron chi connectivity index (χ1n) is 5.63. The number of thiophene rings is 1. The van der Waals surface area contributed by atoms with E-state index in [1.807, 2.05) is 23.6 Å². The number of nitriles is 1. The van der Waals surface area contributed by atoms with Gasteiger partial charge in [-0.3, -0.25) is 0 Å². The van der Waals surface area contributed by atoms with Crippen LogP contribution in [-0.2, 0) is 5.41 Å². The van der Waals surface area contributed by atoms with Crippen LogP contribution in [0.15, 0.2) is 29.8 Å². The van der Waals surface area contributed by atoms with Crippen LogP contribution in [0, 0.1) is 11.3 Å². The Bertz CT molecular complexity index is 565. The molecular weight excluding hydrogens is 230 g/mol. The summed E-state index contributed by atoms with van der Waals surface area (Å²) in [7, 11) is 0. The topological polar surface area (TPSA) is 49.6 Å². The van der Waals surface area contributed by atoms with Crippen molar-refractivity contribution < 1.29 is 0 Å². The maximum Gasteiger partial charge on any atom is 0.149 e. The average Bonchev–Trinajstić information content (AvgIpc) is 2.82. The fourth-order valence-electron chi connectivity index (χ4n) is 2.07. The van der Waals surface area contributed by atoms with Crippen molar-refractivity contribution in [3.05, 3.63) is 35.6 Å². The summed E-state index contributed by atoms with van der Waals surface area (Å²) in [4.78, 5) is 9.97. The van der Waals surface area contributed by atoms with Gasteiger partial charge in [-0.15, -0.1) is 11.3 Å². The largest absolute Gasteiger partial charge is 0.240 e. The lowest BCUT2D eigenvalue weighted by molar-refractivity contribution is 0.307. The molecule has 0 unspecified atom stereocenters. The summed E-state index contributed by atoms with van der Waals surface area (Å²) >= 11 is 1.66. The molecule has 0 saturated heterocycles. The van der Waals surface area contributed by atoms with Gasteiger partial charge in [-0.1, -0.05) is 6.07 Å². The van der Waals surface area contributed by atoms with Crippen LogP contribution in [0.2, 0.25) is 0 Å². The van der Waals surface area contributed by atoms with E-state index in [2.05, 4.69) is 16.0 Å².